The van der Waals surface area contributed by atoms with Crippen LogP contribution < -0.4 is 19.6 Å². The zero-order valence-electron chi connectivity index (χ0n) is 22.5. The molecule has 0 aliphatic carbocycles. The lowest BCUT2D eigenvalue weighted by Gasteiger charge is -2.26. The van der Waals surface area contributed by atoms with Crippen LogP contribution in [-0.2, 0) is 5.41 Å². The van der Waals surface area contributed by atoms with Crippen LogP contribution in [0.5, 0.6) is 17.2 Å². The molecule has 0 saturated heterocycles. The highest BCUT2D eigenvalue weighted by Crippen LogP contribution is 2.32. The molecule has 0 radical (unpaired) electrons. The molecule has 1 aromatic heterocycles. The van der Waals surface area contributed by atoms with Gasteiger partial charge in [-0.2, -0.15) is 5.10 Å². The summed E-state index contributed by atoms with van der Waals surface area (Å²) in [5.41, 5.74) is 6.14. The molecule has 4 rings (SSSR count). The second-order valence-corrected chi connectivity index (χ2v) is 9.29. The van der Waals surface area contributed by atoms with Crippen molar-refractivity contribution in [3.05, 3.63) is 120 Å². The number of amides is 1. The largest absolute Gasteiger partial charge is 0.490 e. The van der Waals surface area contributed by atoms with Crippen LogP contribution in [0.4, 0.5) is 0 Å². The lowest BCUT2D eigenvalue weighted by atomic mass is 9.78. The van der Waals surface area contributed by atoms with Crippen LogP contribution in [0.1, 0.15) is 47.8 Å². The van der Waals surface area contributed by atoms with E-state index in [-0.39, 0.29) is 11.3 Å². The quantitative estimate of drug-likeness (QED) is 0.139. The maximum atomic E-state index is 12.1. The molecule has 1 amide bonds. The summed E-state index contributed by atoms with van der Waals surface area (Å²) in [5, 5.41) is 4.03. The van der Waals surface area contributed by atoms with Gasteiger partial charge < -0.3 is 14.2 Å². The Morgan fingerprint density at radius 3 is 2.26 bits per heavy atom. The molecule has 1 N–H and O–H groups in total. The second kappa shape index (κ2) is 13.2. The summed E-state index contributed by atoms with van der Waals surface area (Å²) in [6.45, 7) is 7.57. The fourth-order valence-corrected chi connectivity index (χ4v) is 4.03. The number of rotatable bonds is 12. The van der Waals surface area contributed by atoms with Crippen molar-refractivity contribution in [1.82, 2.24) is 10.4 Å². The fourth-order valence-electron chi connectivity index (χ4n) is 4.03. The third kappa shape index (κ3) is 7.45. The first kappa shape index (κ1) is 27.4. The van der Waals surface area contributed by atoms with Gasteiger partial charge in [-0.3, -0.25) is 9.78 Å². The number of nitrogens with zero attached hydrogens (tertiary/aromatic N) is 2. The number of ether oxygens (including phenoxy) is 3. The fraction of sp³-hybridized carbons (Fsp3) is 0.219. The molecule has 0 saturated carbocycles. The normalized spacial score (nSPS) is 11.3. The van der Waals surface area contributed by atoms with Gasteiger partial charge in [0.25, 0.3) is 5.91 Å². The van der Waals surface area contributed by atoms with Crippen molar-refractivity contribution in [2.24, 2.45) is 5.10 Å². The predicted molar refractivity (Wildman–Crippen MR) is 153 cm³/mol. The molecule has 0 fully saturated rings. The molecular formula is C32H33N3O4. The molecule has 0 spiro atoms. The molecule has 0 unspecified atom stereocenters. The van der Waals surface area contributed by atoms with Crippen molar-refractivity contribution in [1.29, 1.82) is 0 Å². The molecule has 39 heavy (non-hydrogen) atoms. The predicted octanol–water partition coefficient (Wildman–Crippen LogP) is 6.03. The topological polar surface area (TPSA) is 82.0 Å². The minimum Gasteiger partial charge on any atom is -0.490 e. The third-order valence-corrected chi connectivity index (χ3v) is 6.27. The van der Waals surface area contributed by atoms with E-state index in [1.807, 2.05) is 43.3 Å². The minimum atomic E-state index is -0.312. The summed E-state index contributed by atoms with van der Waals surface area (Å²) in [5.74, 6) is 1.68. The lowest BCUT2D eigenvalue weighted by Crippen LogP contribution is -2.18. The Morgan fingerprint density at radius 2 is 1.54 bits per heavy atom. The summed E-state index contributed by atoms with van der Waals surface area (Å²) < 4.78 is 17.6. The van der Waals surface area contributed by atoms with Gasteiger partial charge in [0.05, 0.1) is 12.8 Å². The molecule has 3 aromatic carbocycles. The number of nitrogens with one attached hydrogen (secondary N) is 1. The summed E-state index contributed by atoms with van der Waals surface area (Å²) in [7, 11) is 0. The smallest absolute Gasteiger partial charge is 0.271 e. The highest BCUT2D eigenvalue weighted by molar-refractivity contribution is 5.94. The summed E-state index contributed by atoms with van der Waals surface area (Å²) >= 11 is 0. The SMILES string of the molecule is CCOc1cc(/C=N\NC(=O)c2ccncc2)ccc1OCCOc1ccc(C(C)(C)c2ccccc2)cc1. The van der Waals surface area contributed by atoms with Gasteiger partial charge in [0.15, 0.2) is 11.5 Å². The van der Waals surface area contributed by atoms with Crippen LogP contribution >= 0.6 is 0 Å². The maximum Gasteiger partial charge on any atom is 0.271 e. The Morgan fingerprint density at radius 1 is 0.846 bits per heavy atom. The number of hydrogen-bond acceptors (Lipinski definition) is 6. The van der Waals surface area contributed by atoms with Crippen molar-refractivity contribution >= 4 is 12.1 Å². The molecule has 1 heterocycles. The molecule has 7 heteroatoms. The number of hydrazone groups is 1. The van der Waals surface area contributed by atoms with Crippen LogP contribution in [0.15, 0.2) is 102 Å². The van der Waals surface area contributed by atoms with E-state index in [1.54, 1.807) is 30.7 Å². The Hall–Kier alpha value is -4.65. The number of pyridine rings is 1. The van der Waals surface area contributed by atoms with E-state index in [9.17, 15) is 4.79 Å². The summed E-state index contributed by atoms with van der Waals surface area (Å²) in [4.78, 5) is 16.0. The first-order chi connectivity index (χ1) is 19.0. The van der Waals surface area contributed by atoms with E-state index in [2.05, 4.69) is 65.8 Å². The number of aromatic nitrogens is 1. The van der Waals surface area contributed by atoms with Crippen LogP contribution in [0.2, 0.25) is 0 Å². The van der Waals surface area contributed by atoms with Crippen molar-refractivity contribution in [2.45, 2.75) is 26.2 Å². The zero-order chi connectivity index (χ0) is 27.5. The average Bonchev–Trinajstić information content (AvgIpc) is 2.97. The molecule has 0 aliphatic heterocycles. The van der Waals surface area contributed by atoms with E-state index < -0.39 is 0 Å². The van der Waals surface area contributed by atoms with Crippen molar-refractivity contribution in [3.63, 3.8) is 0 Å². The molecule has 0 bridgehead atoms. The monoisotopic (exact) mass is 523 g/mol. The summed E-state index contributed by atoms with van der Waals surface area (Å²) in [6, 6.07) is 27.4. The summed E-state index contributed by atoms with van der Waals surface area (Å²) in [6.07, 6.45) is 4.66. The van der Waals surface area contributed by atoms with E-state index in [1.165, 1.54) is 11.1 Å². The first-order valence-corrected chi connectivity index (χ1v) is 12.9. The van der Waals surface area contributed by atoms with E-state index in [0.717, 1.165) is 11.3 Å². The van der Waals surface area contributed by atoms with Crippen molar-refractivity contribution < 1.29 is 19.0 Å². The van der Waals surface area contributed by atoms with Gasteiger partial charge in [-0.05, 0) is 66.1 Å². The van der Waals surface area contributed by atoms with Gasteiger partial charge in [-0.25, -0.2) is 5.43 Å². The van der Waals surface area contributed by atoms with Crippen LogP contribution in [0.3, 0.4) is 0 Å². The minimum absolute atomic E-state index is 0.0966. The van der Waals surface area contributed by atoms with Crippen molar-refractivity contribution in [2.75, 3.05) is 19.8 Å². The first-order valence-electron chi connectivity index (χ1n) is 12.9. The molecule has 0 aliphatic rings. The zero-order valence-corrected chi connectivity index (χ0v) is 22.5. The number of benzene rings is 3. The number of carbonyl (C=O) groups excluding carboxylic acids is 1. The van der Waals surface area contributed by atoms with Crippen molar-refractivity contribution in [3.8, 4) is 17.2 Å². The highest BCUT2D eigenvalue weighted by Gasteiger charge is 2.22. The second-order valence-electron chi connectivity index (χ2n) is 9.29. The average molecular weight is 524 g/mol. The van der Waals surface area contributed by atoms with Gasteiger partial charge in [-0.15, -0.1) is 0 Å². The van der Waals surface area contributed by atoms with Gasteiger partial charge in [-0.1, -0.05) is 56.3 Å². The molecule has 4 aromatic rings. The van der Waals surface area contributed by atoms with Gasteiger partial charge in [0.1, 0.15) is 19.0 Å². The van der Waals surface area contributed by atoms with E-state index >= 15 is 0 Å². The molecule has 200 valence electrons. The Bertz CT molecular complexity index is 1370. The maximum absolute atomic E-state index is 12.1. The molecular weight excluding hydrogens is 490 g/mol. The van der Waals surface area contributed by atoms with Gasteiger partial charge in [0.2, 0.25) is 0 Å². The van der Waals surface area contributed by atoms with E-state index in [4.69, 9.17) is 14.2 Å². The van der Waals surface area contributed by atoms with Gasteiger partial charge in [0, 0.05) is 23.4 Å². The Balaban J connectivity index is 1.29. The number of hydrogen-bond donors (Lipinski definition) is 1. The van der Waals surface area contributed by atoms with E-state index in [0.29, 0.717) is 36.9 Å². The van der Waals surface area contributed by atoms with Crippen LogP contribution in [0, 0.1) is 0 Å². The molecule has 7 nitrogen and oxygen atoms in total. The van der Waals surface area contributed by atoms with Gasteiger partial charge >= 0.3 is 0 Å². The van der Waals surface area contributed by atoms with Crippen LogP contribution in [0.25, 0.3) is 0 Å². The standard InChI is InChI=1S/C32H33N3O4/c1-4-37-30-22-24(23-34-35-31(36)25-16-18-33-19-17-25)10-15-29(30)39-21-20-38-28-13-11-27(12-14-28)32(2,3)26-8-6-5-7-9-26/h5-19,22-23H,4,20-21H2,1-3H3,(H,35,36)/b34-23-. The third-order valence-electron chi connectivity index (χ3n) is 6.27. The number of carbonyl (C=O) groups is 1. The Kier molecular flexibility index (Phi) is 9.29. The lowest BCUT2D eigenvalue weighted by molar-refractivity contribution is 0.0955. The highest BCUT2D eigenvalue weighted by atomic mass is 16.5. The van der Waals surface area contributed by atoms with Crippen LogP contribution in [-0.4, -0.2) is 36.9 Å². The molecule has 0 atom stereocenters. The Labute approximate surface area is 229 Å².